The van der Waals surface area contributed by atoms with Gasteiger partial charge in [0.15, 0.2) is 5.78 Å². The topological polar surface area (TPSA) is 99.1 Å². The van der Waals surface area contributed by atoms with Gasteiger partial charge in [-0.3, -0.25) is 19.9 Å². The Morgan fingerprint density at radius 1 is 1.12 bits per heavy atom. The number of Topliss-reactive ketones (excluding diaryl/α,β-unsaturated/α-hetero) is 1. The molecule has 2 aromatic carbocycles. The van der Waals surface area contributed by atoms with Gasteiger partial charge in [0.2, 0.25) is 0 Å². The lowest BCUT2D eigenvalue weighted by molar-refractivity contribution is -0.384. The Bertz CT molecular complexity index is 1100. The van der Waals surface area contributed by atoms with E-state index in [-0.39, 0.29) is 11.5 Å². The van der Waals surface area contributed by atoms with Crippen LogP contribution < -0.4 is 5.73 Å². The summed E-state index contributed by atoms with van der Waals surface area (Å²) in [4.78, 5) is 28.1. The Labute approximate surface area is 149 Å². The van der Waals surface area contributed by atoms with Gasteiger partial charge < -0.3 is 5.73 Å². The van der Waals surface area contributed by atoms with E-state index in [1.165, 1.54) is 12.1 Å². The summed E-state index contributed by atoms with van der Waals surface area (Å²) in [7, 11) is 0. The number of hydrogen-bond donors (Lipinski definition) is 1. The number of carbonyl (C=O) groups excluding carboxylic acids is 1. The van der Waals surface area contributed by atoms with E-state index in [0.29, 0.717) is 40.9 Å². The summed E-state index contributed by atoms with van der Waals surface area (Å²) >= 11 is 0. The highest BCUT2D eigenvalue weighted by atomic mass is 16.6. The molecular weight excluding hydrogens is 330 g/mol. The molecule has 1 aliphatic rings. The predicted molar refractivity (Wildman–Crippen MR) is 99.9 cm³/mol. The van der Waals surface area contributed by atoms with Crippen LogP contribution in [-0.4, -0.2) is 15.7 Å². The minimum Gasteiger partial charge on any atom is -0.398 e. The van der Waals surface area contributed by atoms with Crippen LogP contribution >= 0.6 is 0 Å². The first-order valence-electron chi connectivity index (χ1n) is 8.21. The zero-order chi connectivity index (χ0) is 18.3. The van der Waals surface area contributed by atoms with Crippen LogP contribution in [0.25, 0.3) is 17.0 Å². The van der Waals surface area contributed by atoms with E-state index < -0.39 is 4.92 Å². The van der Waals surface area contributed by atoms with Crippen LogP contribution in [-0.2, 0) is 6.42 Å². The Hall–Kier alpha value is -3.54. The molecule has 0 amide bonds. The number of nitrogens with two attached hydrogens (primary N) is 1. The molecule has 0 fully saturated rings. The number of aromatic nitrogens is 1. The van der Waals surface area contributed by atoms with Gasteiger partial charge in [0.05, 0.1) is 27.4 Å². The number of benzene rings is 2. The van der Waals surface area contributed by atoms with Gasteiger partial charge in [0.25, 0.3) is 5.69 Å². The van der Waals surface area contributed by atoms with Crippen molar-refractivity contribution in [2.45, 2.75) is 12.8 Å². The largest absolute Gasteiger partial charge is 0.398 e. The van der Waals surface area contributed by atoms with Gasteiger partial charge in [-0.2, -0.15) is 0 Å². The van der Waals surface area contributed by atoms with Crippen LogP contribution in [0.4, 0.5) is 11.4 Å². The van der Waals surface area contributed by atoms with E-state index in [2.05, 4.69) is 4.98 Å². The molecule has 0 bridgehead atoms. The Kier molecular flexibility index (Phi) is 3.73. The number of allylic oxidation sites excluding steroid dienone is 1. The van der Waals surface area contributed by atoms with Crippen molar-refractivity contribution >= 4 is 34.1 Å². The monoisotopic (exact) mass is 345 g/mol. The molecule has 4 rings (SSSR count). The maximum absolute atomic E-state index is 13.0. The molecule has 0 spiro atoms. The smallest absolute Gasteiger partial charge is 0.270 e. The molecule has 0 saturated carbocycles. The number of nitrogens with zero attached hydrogens (tertiary/aromatic N) is 2. The van der Waals surface area contributed by atoms with Gasteiger partial charge in [-0.25, -0.2) is 0 Å². The number of fused-ring (bicyclic) bond motifs is 2. The molecule has 0 radical (unpaired) electrons. The first kappa shape index (κ1) is 16.0. The molecule has 0 aliphatic heterocycles. The number of anilines is 1. The quantitative estimate of drug-likeness (QED) is 0.431. The van der Waals surface area contributed by atoms with Crippen molar-refractivity contribution in [3.05, 3.63) is 81.0 Å². The number of rotatable bonds is 2. The van der Waals surface area contributed by atoms with Crippen molar-refractivity contribution < 1.29 is 9.72 Å². The van der Waals surface area contributed by atoms with Crippen molar-refractivity contribution in [3.8, 4) is 0 Å². The molecule has 1 heterocycles. The average molecular weight is 345 g/mol. The highest BCUT2D eigenvalue weighted by Crippen LogP contribution is 2.33. The molecule has 0 saturated heterocycles. The molecular formula is C20H15N3O3. The second kappa shape index (κ2) is 6.07. The summed E-state index contributed by atoms with van der Waals surface area (Å²) < 4.78 is 0. The van der Waals surface area contributed by atoms with Crippen molar-refractivity contribution in [2.24, 2.45) is 0 Å². The molecule has 3 aromatic rings. The summed E-state index contributed by atoms with van der Waals surface area (Å²) in [6, 6.07) is 13.7. The number of nitrogen functional groups attached to an aromatic ring is 1. The zero-order valence-corrected chi connectivity index (χ0v) is 13.8. The first-order chi connectivity index (χ1) is 12.5. The lowest BCUT2D eigenvalue weighted by atomic mass is 9.87. The number of hydrogen-bond acceptors (Lipinski definition) is 5. The third kappa shape index (κ3) is 2.61. The number of para-hydroxylation sites is 1. The number of non-ortho nitro benzene ring substituents is 1. The highest BCUT2D eigenvalue weighted by Gasteiger charge is 2.27. The fourth-order valence-corrected chi connectivity index (χ4v) is 3.32. The number of aryl methyl sites for hydroxylation is 1. The summed E-state index contributed by atoms with van der Waals surface area (Å²) in [6.45, 7) is 0. The maximum Gasteiger partial charge on any atom is 0.270 e. The second-order valence-corrected chi connectivity index (χ2v) is 6.22. The number of carbonyl (C=O) groups is 1. The fourth-order valence-electron chi connectivity index (χ4n) is 3.32. The maximum atomic E-state index is 13.0. The molecule has 1 aromatic heterocycles. The Morgan fingerprint density at radius 2 is 1.92 bits per heavy atom. The van der Waals surface area contributed by atoms with Crippen LogP contribution in [0.2, 0.25) is 0 Å². The summed E-state index contributed by atoms with van der Waals surface area (Å²) in [6.07, 6.45) is 2.84. The van der Waals surface area contributed by atoms with Gasteiger partial charge >= 0.3 is 0 Å². The number of ketones is 1. The molecule has 6 heteroatoms. The zero-order valence-electron chi connectivity index (χ0n) is 13.8. The lowest BCUT2D eigenvalue weighted by Crippen LogP contribution is -2.18. The summed E-state index contributed by atoms with van der Waals surface area (Å²) in [5.74, 6) is -0.159. The molecule has 0 unspecified atom stereocenters. The fraction of sp³-hybridized carbons (Fsp3) is 0.100. The van der Waals surface area contributed by atoms with E-state index in [9.17, 15) is 14.9 Å². The number of nitro benzene ring substituents is 1. The normalized spacial score (nSPS) is 15.2. The standard InChI is InChI=1S/C20H15N3O3/c21-19-15-6-1-2-7-16(15)22-17-9-8-13(20(24)18(17)19)10-12-4-3-5-14(11-12)23(25)26/h1-7,10-11H,8-9H2,(H2,21,22)/b13-10-. The van der Waals surface area contributed by atoms with Crippen LogP contribution in [0, 0.1) is 10.1 Å². The molecule has 1 aliphatic carbocycles. The first-order valence-corrected chi connectivity index (χ1v) is 8.21. The van der Waals surface area contributed by atoms with Crippen molar-refractivity contribution in [3.63, 3.8) is 0 Å². The van der Waals surface area contributed by atoms with Crippen LogP contribution in [0.15, 0.2) is 54.1 Å². The van der Waals surface area contributed by atoms with Gasteiger partial charge in [0.1, 0.15) is 0 Å². The SMILES string of the molecule is Nc1c2c(nc3ccccc13)CC/C(=C/c1cccc([N+](=O)[O-])c1)C2=O. The minimum absolute atomic E-state index is 0.00446. The van der Waals surface area contributed by atoms with Gasteiger partial charge in [0, 0.05) is 23.1 Å². The van der Waals surface area contributed by atoms with Crippen LogP contribution in [0.5, 0.6) is 0 Å². The van der Waals surface area contributed by atoms with Crippen molar-refractivity contribution in [1.29, 1.82) is 0 Å². The Balaban J connectivity index is 1.80. The van der Waals surface area contributed by atoms with Gasteiger partial charge in [-0.05, 0) is 30.5 Å². The third-order valence-electron chi connectivity index (χ3n) is 4.58. The molecule has 2 N–H and O–H groups in total. The number of nitro groups is 1. The summed E-state index contributed by atoms with van der Waals surface area (Å²) in [5.41, 5.74) is 9.86. The van der Waals surface area contributed by atoms with Gasteiger partial charge in [-0.1, -0.05) is 30.3 Å². The van der Waals surface area contributed by atoms with Gasteiger partial charge in [-0.15, -0.1) is 0 Å². The second-order valence-electron chi connectivity index (χ2n) is 6.22. The summed E-state index contributed by atoms with van der Waals surface area (Å²) in [5, 5.41) is 11.7. The van der Waals surface area contributed by atoms with Crippen LogP contribution in [0.3, 0.4) is 0 Å². The molecule has 128 valence electrons. The van der Waals surface area contributed by atoms with Crippen LogP contribution in [0.1, 0.15) is 28.0 Å². The number of pyridine rings is 1. The molecule has 26 heavy (non-hydrogen) atoms. The van der Waals surface area contributed by atoms with E-state index in [1.54, 1.807) is 18.2 Å². The third-order valence-corrected chi connectivity index (χ3v) is 4.58. The van der Waals surface area contributed by atoms with E-state index in [1.807, 2.05) is 24.3 Å². The average Bonchev–Trinajstić information content (AvgIpc) is 2.64. The molecule has 0 atom stereocenters. The highest BCUT2D eigenvalue weighted by molar-refractivity contribution is 6.18. The minimum atomic E-state index is -0.450. The molecule has 6 nitrogen and oxygen atoms in total. The van der Waals surface area contributed by atoms with E-state index in [0.717, 1.165) is 10.9 Å². The van der Waals surface area contributed by atoms with E-state index >= 15 is 0 Å². The lowest BCUT2D eigenvalue weighted by Gasteiger charge is -2.20. The Morgan fingerprint density at radius 3 is 2.73 bits per heavy atom. The van der Waals surface area contributed by atoms with Crippen molar-refractivity contribution in [1.82, 2.24) is 4.98 Å². The van der Waals surface area contributed by atoms with Crippen molar-refractivity contribution in [2.75, 3.05) is 5.73 Å². The predicted octanol–water partition coefficient (Wildman–Crippen LogP) is 3.94. The van der Waals surface area contributed by atoms with E-state index in [4.69, 9.17) is 5.73 Å².